The van der Waals surface area contributed by atoms with Gasteiger partial charge in [-0.15, -0.1) is 0 Å². The number of nitrogens with one attached hydrogen (secondary N) is 3. The first-order valence-corrected chi connectivity index (χ1v) is 12.8. The Morgan fingerprint density at radius 3 is 2.69 bits per heavy atom. The van der Waals surface area contributed by atoms with Crippen LogP contribution in [0.1, 0.15) is 38.5 Å². The summed E-state index contributed by atoms with van der Waals surface area (Å²) in [5, 5.41) is 10.8. The van der Waals surface area contributed by atoms with E-state index in [0.29, 0.717) is 11.6 Å². The number of carbonyl (C=O) groups is 3. The SMILES string of the molecule is COc1ccc2cc1OCC(=O)NCc1cc(F)cc(c1)O[C@@H]1CCN(C(=O)c3cc(C(F)(F)F)[nH]n3)C[C@@H]1NC2=O. The van der Waals surface area contributed by atoms with E-state index in [-0.39, 0.29) is 48.9 Å². The zero-order valence-corrected chi connectivity index (χ0v) is 22.1. The lowest BCUT2D eigenvalue weighted by Gasteiger charge is -2.38. The average molecular weight is 592 g/mol. The Balaban J connectivity index is 1.45. The normalized spacial score (nSPS) is 19.5. The van der Waals surface area contributed by atoms with Gasteiger partial charge in [-0.1, -0.05) is 0 Å². The first kappa shape index (κ1) is 28.7. The van der Waals surface area contributed by atoms with Gasteiger partial charge in [-0.25, -0.2) is 4.39 Å². The molecule has 0 saturated carbocycles. The Morgan fingerprint density at radius 2 is 1.95 bits per heavy atom. The number of halogens is 4. The molecule has 1 saturated heterocycles. The molecule has 0 radical (unpaired) electrons. The van der Waals surface area contributed by atoms with Crippen LogP contribution in [-0.2, 0) is 17.5 Å². The van der Waals surface area contributed by atoms with Crippen LogP contribution in [0.3, 0.4) is 0 Å². The maximum absolute atomic E-state index is 14.4. The summed E-state index contributed by atoms with van der Waals surface area (Å²) in [6.45, 7) is -0.515. The van der Waals surface area contributed by atoms with E-state index in [1.54, 1.807) is 0 Å². The van der Waals surface area contributed by atoms with E-state index in [4.69, 9.17) is 14.2 Å². The molecule has 11 nitrogen and oxygen atoms in total. The second-order valence-corrected chi connectivity index (χ2v) is 9.67. The maximum atomic E-state index is 14.4. The third kappa shape index (κ3) is 6.39. The van der Waals surface area contributed by atoms with Crippen molar-refractivity contribution in [3.8, 4) is 17.2 Å². The van der Waals surface area contributed by atoms with E-state index in [9.17, 15) is 31.9 Å². The molecule has 3 aromatic rings. The van der Waals surface area contributed by atoms with Crippen LogP contribution in [0.5, 0.6) is 17.2 Å². The zero-order valence-electron chi connectivity index (χ0n) is 22.1. The van der Waals surface area contributed by atoms with Gasteiger partial charge in [-0.05, 0) is 35.9 Å². The van der Waals surface area contributed by atoms with Gasteiger partial charge in [-0.3, -0.25) is 19.5 Å². The third-order valence-electron chi connectivity index (χ3n) is 6.75. The molecule has 1 aromatic heterocycles. The smallest absolute Gasteiger partial charge is 0.432 e. The lowest BCUT2D eigenvalue weighted by molar-refractivity contribution is -0.141. The number of aromatic nitrogens is 2. The molecule has 42 heavy (non-hydrogen) atoms. The summed E-state index contributed by atoms with van der Waals surface area (Å²) in [7, 11) is 1.39. The Hall–Kier alpha value is -4.82. The van der Waals surface area contributed by atoms with Crippen molar-refractivity contribution in [1.82, 2.24) is 25.7 Å². The van der Waals surface area contributed by atoms with Crippen LogP contribution in [0.25, 0.3) is 0 Å². The lowest BCUT2D eigenvalue weighted by atomic mass is 10.0. The van der Waals surface area contributed by atoms with Crippen molar-refractivity contribution >= 4 is 17.7 Å². The highest BCUT2D eigenvalue weighted by Crippen LogP contribution is 2.30. The van der Waals surface area contributed by atoms with Crippen LogP contribution in [0, 0.1) is 5.82 Å². The van der Waals surface area contributed by atoms with Gasteiger partial charge in [0.1, 0.15) is 23.4 Å². The highest BCUT2D eigenvalue weighted by Gasteiger charge is 2.38. The molecule has 4 bridgehead atoms. The molecule has 5 rings (SSSR count). The quantitative estimate of drug-likeness (QED) is 0.390. The number of methoxy groups -OCH3 is 1. The number of fused-ring (bicyclic) bond motifs is 5. The highest BCUT2D eigenvalue weighted by atomic mass is 19.4. The first-order chi connectivity index (χ1) is 20.0. The summed E-state index contributed by atoms with van der Waals surface area (Å²) >= 11 is 0. The Morgan fingerprint density at radius 1 is 1.14 bits per heavy atom. The van der Waals surface area contributed by atoms with Crippen molar-refractivity contribution in [1.29, 1.82) is 0 Å². The number of aromatic amines is 1. The van der Waals surface area contributed by atoms with E-state index >= 15 is 0 Å². The Kier molecular flexibility index (Phi) is 7.91. The molecule has 3 N–H and O–H groups in total. The number of likely N-dealkylation sites (tertiary alicyclic amines) is 1. The fourth-order valence-corrected chi connectivity index (χ4v) is 4.68. The fraction of sp³-hybridized carbons (Fsp3) is 0.333. The molecule has 3 heterocycles. The van der Waals surface area contributed by atoms with Gasteiger partial charge in [-0.2, -0.15) is 18.3 Å². The summed E-state index contributed by atoms with van der Waals surface area (Å²) in [5.74, 6) is -1.98. The van der Waals surface area contributed by atoms with Gasteiger partial charge in [0, 0.05) is 43.8 Å². The number of hydrogen-bond donors (Lipinski definition) is 3. The van der Waals surface area contributed by atoms with Crippen molar-refractivity contribution in [3.63, 3.8) is 0 Å². The molecule has 3 amide bonds. The molecule has 1 fully saturated rings. The molecule has 222 valence electrons. The number of carbonyl (C=O) groups excluding carboxylic acids is 3. The predicted molar refractivity (Wildman–Crippen MR) is 137 cm³/mol. The summed E-state index contributed by atoms with van der Waals surface area (Å²) in [6, 6.07) is 7.99. The number of H-pyrrole nitrogens is 1. The molecule has 2 aliphatic heterocycles. The maximum Gasteiger partial charge on any atom is 0.432 e. The molecule has 0 aliphatic carbocycles. The van der Waals surface area contributed by atoms with Gasteiger partial charge in [0.2, 0.25) is 0 Å². The van der Waals surface area contributed by atoms with Crippen LogP contribution in [0.4, 0.5) is 17.6 Å². The topological polar surface area (TPSA) is 135 Å². The van der Waals surface area contributed by atoms with Crippen LogP contribution in [0.15, 0.2) is 42.5 Å². The first-order valence-electron chi connectivity index (χ1n) is 12.8. The van der Waals surface area contributed by atoms with Gasteiger partial charge in [0.05, 0.1) is 13.2 Å². The number of piperidine rings is 1. The number of benzene rings is 2. The van der Waals surface area contributed by atoms with Gasteiger partial charge in [0.15, 0.2) is 23.8 Å². The van der Waals surface area contributed by atoms with Crippen LogP contribution >= 0.6 is 0 Å². The Bertz CT molecular complexity index is 1510. The largest absolute Gasteiger partial charge is 0.493 e. The van der Waals surface area contributed by atoms with Crippen molar-refractivity contribution in [2.45, 2.75) is 31.3 Å². The van der Waals surface area contributed by atoms with E-state index in [1.807, 2.05) is 5.10 Å². The van der Waals surface area contributed by atoms with Crippen LogP contribution < -0.4 is 24.8 Å². The number of alkyl halides is 3. The van der Waals surface area contributed by atoms with Gasteiger partial charge in [0.25, 0.3) is 17.7 Å². The van der Waals surface area contributed by atoms with E-state index in [2.05, 4.69) is 15.7 Å². The average Bonchev–Trinajstić information content (AvgIpc) is 3.46. The number of amides is 3. The van der Waals surface area contributed by atoms with E-state index in [0.717, 1.165) is 6.07 Å². The zero-order chi connectivity index (χ0) is 30.0. The van der Waals surface area contributed by atoms with Crippen molar-refractivity contribution in [3.05, 3.63) is 70.8 Å². The number of ether oxygens (including phenoxy) is 3. The fourth-order valence-electron chi connectivity index (χ4n) is 4.68. The second-order valence-electron chi connectivity index (χ2n) is 9.67. The minimum atomic E-state index is -4.71. The van der Waals surface area contributed by atoms with Crippen LogP contribution in [-0.4, -0.2) is 71.8 Å². The standard InChI is InChI=1S/C27H25F4N5O6/c1-40-21-3-2-15-8-22(21)41-13-24(37)32-11-14-6-16(28)9-17(7-14)42-20-4-5-36(12-19(20)33-25(15)38)26(39)18-10-23(35-34-18)27(29,30)31/h2-3,6-10,19-20H,4-5,11-13H2,1H3,(H,32,37)(H,33,38)(H,34,35)/t19-,20+/m0/s1. The summed E-state index contributed by atoms with van der Waals surface area (Å²) < 4.78 is 70.5. The summed E-state index contributed by atoms with van der Waals surface area (Å²) in [6.07, 6.45) is -5.32. The number of nitrogens with zero attached hydrogens (tertiary/aromatic N) is 2. The molecule has 0 spiro atoms. The Labute approximate surface area is 236 Å². The third-order valence-corrected chi connectivity index (χ3v) is 6.75. The van der Waals surface area contributed by atoms with Gasteiger partial charge < -0.3 is 29.7 Å². The molecule has 2 aromatic carbocycles. The molecule has 15 heteroatoms. The minimum Gasteiger partial charge on any atom is -0.493 e. The van der Waals surface area contributed by atoms with Crippen molar-refractivity contribution in [2.24, 2.45) is 0 Å². The second kappa shape index (κ2) is 11.6. The number of hydrogen-bond acceptors (Lipinski definition) is 7. The molecule has 0 unspecified atom stereocenters. The van der Waals surface area contributed by atoms with Crippen LogP contribution in [0.2, 0.25) is 0 Å². The predicted octanol–water partition coefficient (Wildman–Crippen LogP) is 2.68. The minimum absolute atomic E-state index is 0.0236. The van der Waals surface area contributed by atoms with Crippen molar-refractivity contribution < 1.29 is 46.2 Å². The van der Waals surface area contributed by atoms with E-state index < -0.39 is 59.9 Å². The van der Waals surface area contributed by atoms with Gasteiger partial charge >= 0.3 is 6.18 Å². The van der Waals surface area contributed by atoms with E-state index in [1.165, 1.54) is 42.3 Å². The highest BCUT2D eigenvalue weighted by molar-refractivity contribution is 5.95. The monoisotopic (exact) mass is 591 g/mol. The van der Waals surface area contributed by atoms with Crippen molar-refractivity contribution in [2.75, 3.05) is 26.8 Å². The molecular formula is C27H25F4N5O6. The molecule has 2 aliphatic rings. The summed E-state index contributed by atoms with van der Waals surface area (Å²) in [4.78, 5) is 40.0. The lowest BCUT2D eigenvalue weighted by Crippen LogP contribution is -2.58. The molecular weight excluding hydrogens is 566 g/mol. The summed E-state index contributed by atoms with van der Waals surface area (Å²) in [5.41, 5.74) is -1.07. The number of rotatable bonds is 2. The molecule has 2 atom stereocenters.